The first kappa shape index (κ1) is 16.5. The fraction of sp³-hybridized carbons (Fsp3) is 0.0476. The van der Waals surface area contributed by atoms with Crippen LogP contribution in [0.5, 0.6) is 0 Å². The molecule has 0 aliphatic carbocycles. The van der Waals surface area contributed by atoms with Crippen LogP contribution in [0.25, 0.3) is 10.8 Å². The van der Waals surface area contributed by atoms with Crippen molar-refractivity contribution < 1.29 is 0 Å². The van der Waals surface area contributed by atoms with Crippen molar-refractivity contribution in [3.05, 3.63) is 91.2 Å². The number of benzene rings is 3. The second kappa shape index (κ2) is 7.93. The number of hydrogen-bond acceptors (Lipinski definition) is 4. The Morgan fingerprint density at radius 1 is 0.760 bits per heavy atom. The Morgan fingerprint density at radius 2 is 1.36 bits per heavy atom. The van der Waals surface area contributed by atoms with Crippen LogP contribution in [0.1, 0.15) is 6.92 Å². The van der Waals surface area contributed by atoms with Gasteiger partial charge in [-0.3, -0.25) is 0 Å². The third kappa shape index (κ3) is 4.12. The van der Waals surface area contributed by atoms with Crippen molar-refractivity contribution in [3.8, 4) is 0 Å². The topological polar surface area (TPSA) is 49.4 Å². The van der Waals surface area contributed by atoms with Crippen molar-refractivity contribution in [2.75, 3.05) is 0 Å². The van der Waals surface area contributed by atoms with Crippen LogP contribution in [0.15, 0.2) is 112 Å². The average Bonchev–Trinajstić information content (AvgIpc) is 2.66. The summed E-state index contributed by atoms with van der Waals surface area (Å²) >= 11 is 0. The predicted octanol–water partition coefficient (Wildman–Crippen LogP) is 7.43. The maximum atomic E-state index is 4.40. The lowest BCUT2D eigenvalue weighted by molar-refractivity contribution is 1.13. The SMILES string of the molecule is C=C/C=C(C)\N=N\c1ccc(/N=N/c2ccccc2)c2ccccc12. The van der Waals surface area contributed by atoms with E-state index in [1.165, 1.54) is 0 Å². The Morgan fingerprint density at radius 3 is 2.00 bits per heavy atom. The van der Waals surface area contributed by atoms with Gasteiger partial charge in [0.15, 0.2) is 0 Å². The van der Waals surface area contributed by atoms with E-state index in [1.807, 2.05) is 79.7 Å². The van der Waals surface area contributed by atoms with Gasteiger partial charge in [-0.25, -0.2) is 0 Å². The summed E-state index contributed by atoms with van der Waals surface area (Å²) in [5, 5.41) is 19.2. The summed E-state index contributed by atoms with van der Waals surface area (Å²) in [5.41, 5.74) is 3.22. The van der Waals surface area contributed by atoms with Gasteiger partial charge in [0.2, 0.25) is 0 Å². The highest BCUT2D eigenvalue weighted by Crippen LogP contribution is 2.34. The summed E-state index contributed by atoms with van der Waals surface area (Å²) in [4.78, 5) is 0. The van der Waals surface area contributed by atoms with Crippen LogP contribution in [0.2, 0.25) is 0 Å². The number of allylic oxidation sites excluding steroid dienone is 3. The molecule has 0 unspecified atom stereocenters. The van der Waals surface area contributed by atoms with Gasteiger partial charge < -0.3 is 0 Å². The van der Waals surface area contributed by atoms with E-state index in [2.05, 4.69) is 27.0 Å². The van der Waals surface area contributed by atoms with Gasteiger partial charge in [0.1, 0.15) is 0 Å². The second-order valence-electron chi connectivity index (χ2n) is 5.43. The molecule has 0 N–H and O–H groups in total. The molecule has 25 heavy (non-hydrogen) atoms. The minimum absolute atomic E-state index is 0.797. The highest BCUT2D eigenvalue weighted by Gasteiger charge is 2.05. The van der Waals surface area contributed by atoms with Crippen molar-refractivity contribution in [1.29, 1.82) is 0 Å². The van der Waals surface area contributed by atoms with Crippen molar-refractivity contribution in [2.24, 2.45) is 20.5 Å². The first-order valence-corrected chi connectivity index (χ1v) is 7.97. The maximum absolute atomic E-state index is 4.40. The number of fused-ring (bicyclic) bond motifs is 1. The van der Waals surface area contributed by atoms with Gasteiger partial charge in [-0.1, -0.05) is 55.1 Å². The summed E-state index contributed by atoms with van der Waals surface area (Å²) < 4.78 is 0. The van der Waals surface area contributed by atoms with E-state index in [0.29, 0.717) is 0 Å². The van der Waals surface area contributed by atoms with Crippen LogP contribution in [0, 0.1) is 0 Å². The van der Waals surface area contributed by atoms with E-state index >= 15 is 0 Å². The Labute approximate surface area is 147 Å². The number of nitrogens with zero attached hydrogens (tertiary/aromatic N) is 4. The highest BCUT2D eigenvalue weighted by atomic mass is 15.1. The summed E-state index contributed by atoms with van der Waals surface area (Å²) in [5.74, 6) is 0. The third-order valence-corrected chi connectivity index (χ3v) is 3.58. The van der Waals surface area contributed by atoms with Gasteiger partial charge in [0.25, 0.3) is 0 Å². The zero-order valence-corrected chi connectivity index (χ0v) is 14.0. The summed E-state index contributed by atoms with van der Waals surface area (Å²) in [6, 6.07) is 21.5. The minimum atomic E-state index is 0.797. The van der Waals surface area contributed by atoms with Crippen LogP contribution >= 0.6 is 0 Å². The normalized spacial score (nSPS) is 12.3. The standard InChI is InChI=1S/C21H18N4/c1-3-9-16(2)22-24-20-14-15-21(19-13-8-7-12-18(19)20)25-23-17-10-5-4-6-11-17/h3-15H,1H2,2H3/b16-9-,24-22+,25-23+. The Kier molecular flexibility index (Phi) is 5.22. The molecule has 4 nitrogen and oxygen atoms in total. The van der Waals surface area contributed by atoms with Gasteiger partial charge in [-0.2, -0.15) is 15.3 Å². The molecule has 3 rings (SSSR count). The van der Waals surface area contributed by atoms with Crippen LogP contribution < -0.4 is 0 Å². The predicted molar refractivity (Wildman–Crippen MR) is 103 cm³/mol. The molecule has 0 spiro atoms. The fourth-order valence-electron chi connectivity index (χ4n) is 2.38. The van der Waals surface area contributed by atoms with Gasteiger partial charge in [-0.05, 0) is 37.3 Å². The first-order valence-electron chi connectivity index (χ1n) is 7.97. The molecule has 0 amide bonds. The molecule has 0 bridgehead atoms. The molecule has 0 aliphatic heterocycles. The third-order valence-electron chi connectivity index (χ3n) is 3.58. The molecular formula is C21H18N4. The molecule has 122 valence electrons. The molecule has 4 heteroatoms. The average molecular weight is 326 g/mol. The molecule has 0 aromatic heterocycles. The second-order valence-corrected chi connectivity index (χ2v) is 5.43. The van der Waals surface area contributed by atoms with Gasteiger partial charge in [0.05, 0.1) is 22.8 Å². The Balaban J connectivity index is 2.00. The van der Waals surface area contributed by atoms with Crippen LogP contribution in [0.3, 0.4) is 0 Å². The zero-order valence-electron chi connectivity index (χ0n) is 14.0. The Hall–Kier alpha value is -3.40. The molecule has 0 aliphatic rings. The maximum Gasteiger partial charge on any atom is 0.0936 e. The lowest BCUT2D eigenvalue weighted by Gasteiger charge is -2.04. The molecule has 3 aromatic rings. The lowest BCUT2D eigenvalue weighted by atomic mass is 10.1. The highest BCUT2D eigenvalue weighted by molar-refractivity contribution is 5.99. The van der Waals surface area contributed by atoms with Crippen LogP contribution in [-0.4, -0.2) is 0 Å². The lowest BCUT2D eigenvalue weighted by Crippen LogP contribution is -1.75. The minimum Gasteiger partial charge on any atom is -0.155 e. The first-order chi connectivity index (χ1) is 12.3. The van der Waals surface area contributed by atoms with Gasteiger partial charge in [0, 0.05) is 10.8 Å². The van der Waals surface area contributed by atoms with E-state index in [1.54, 1.807) is 6.08 Å². The van der Waals surface area contributed by atoms with Crippen molar-refractivity contribution in [1.82, 2.24) is 0 Å². The molecule has 0 atom stereocenters. The number of azo groups is 2. The fourth-order valence-corrected chi connectivity index (χ4v) is 2.38. The van der Waals surface area contributed by atoms with E-state index in [0.717, 1.165) is 33.5 Å². The summed E-state index contributed by atoms with van der Waals surface area (Å²) in [7, 11) is 0. The van der Waals surface area contributed by atoms with Crippen molar-refractivity contribution >= 4 is 27.8 Å². The molecule has 0 saturated carbocycles. The van der Waals surface area contributed by atoms with Crippen LogP contribution in [0.4, 0.5) is 17.1 Å². The molecule has 0 heterocycles. The molecule has 0 fully saturated rings. The van der Waals surface area contributed by atoms with Crippen molar-refractivity contribution in [3.63, 3.8) is 0 Å². The van der Waals surface area contributed by atoms with Gasteiger partial charge in [-0.15, -0.1) is 5.11 Å². The number of hydrogen-bond donors (Lipinski definition) is 0. The Bertz CT molecular complexity index is 970. The van der Waals surface area contributed by atoms with Crippen LogP contribution in [-0.2, 0) is 0 Å². The molecular weight excluding hydrogens is 308 g/mol. The smallest absolute Gasteiger partial charge is 0.0936 e. The summed E-state index contributed by atoms with van der Waals surface area (Å²) in [6.07, 6.45) is 3.51. The van der Waals surface area contributed by atoms with E-state index in [9.17, 15) is 0 Å². The molecule has 0 radical (unpaired) electrons. The molecule has 3 aromatic carbocycles. The summed E-state index contributed by atoms with van der Waals surface area (Å²) in [6.45, 7) is 5.55. The zero-order chi connectivity index (χ0) is 17.5. The molecule has 0 saturated heterocycles. The largest absolute Gasteiger partial charge is 0.155 e. The van der Waals surface area contributed by atoms with E-state index in [4.69, 9.17) is 0 Å². The van der Waals surface area contributed by atoms with Gasteiger partial charge >= 0.3 is 0 Å². The van der Waals surface area contributed by atoms with Crippen molar-refractivity contribution in [2.45, 2.75) is 6.92 Å². The quantitative estimate of drug-likeness (QED) is 0.346. The monoisotopic (exact) mass is 326 g/mol. The van der Waals surface area contributed by atoms with E-state index < -0.39 is 0 Å². The van der Waals surface area contributed by atoms with E-state index in [-0.39, 0.29) is 0 Å². The number of rotatable bonds is 5.